The Bertz CT molecular complexity index is 676. The highest BCUT2D eigenvalue weighted by molar-refractivity contribution is 14.0. The van der Waals surface area contributed by atoms with Crippen LogP contribution in [0.3, 0.4) is 0 Å². The lowest BCUT2D eigenvalue weighted by molar-refractivity contribution is -0.116. The monoisotopic (exact) mass is 490 g/mol. The highest BCUT2D eigenvalue weighted by Gasteiger charge is 2.43. The lowest BCUT2D eigenvalue weighted by atomic mass is 9.68. The summed E-state index contributed by atoms with van der Waals surface area (Å²) in [6.45, 7) is 4.64. The van der Waals surface area contributed by atoms with Gasteiger partial charge in [-0.05, 0) is 49.3 Å². The van der Waals surface area contributed by atoms with Gasteiger partial charge in [0.15, 0.2) is 5.96 Å². The molecule has 1 saturated heterocycles. The molecule has 1 amide bonds. The van der Waals surface area contributed by atoms with Gasteiger partial charge in [-0.2, -0.15) is 0 Å². The number of anilines is 1. The maximum Gasteiger partial charge on any atom is 0.226 e. The summed E-state index contributed by atoms with van der Waals surface area (Å²) in [5.41, 5.74) is 2.21. The fourth-order valence-corrected chi connectivity index (χ4v) is 3.95. The summed E-state index contributed by atoms with van der Waals surface area (Å²) in [7, 11) is 1.81. The number of guanidine groups is 1. The maximum atomic E-state index is 12.2. The largest absolute Gasteiger partial charge is 0.356 e. The SMILES string of the molecule is CN=C(NCCC(=O)Nc1cccc(Cl)c1C)N1CCC2(CCC2)C1.I. The molecule has 1 heterocycles. The summed E-state index contributed by atoms with van der Waals surface area (Å²) in [6.07, 6.45) is 5.72. The minimum atomic E-state index is -0.0230. The third-order valence-corrected chi connectivity index (χ3v) is 5.95. The van der Waals surface area contributed by atoms with Gasteiger partial charge in [-0.15, -0.1) is 24.0 Å². The minimum Gasteiger partial charge on any atom is -0.356 e. The predicted molar refractivity (Wildman–Crippen MR) is 119 cm³/mol. The first-order valence-electron chi connectivity index (χ1n) is 9.04. The van der Waals surface area contributed by atoms with Gasteiger partial charge in [0.1, 0.15) is 0 Å². The van der Waals surface area contributed by atoms with E-state index in [0.29, 0.717) is 23.4 Å². The number of benzene rings is 1. The van der Waals surface area contributed by atoms with Gasteiger partial charge in [-0.1, -0.05) is 24.1 Å². The Morgan fingerprint density at radius 1 is 1.35 bits per heavy atom. The van der Waals surface area contributed by atoms with Gasteiger partial charge >= 0.3 is 0 Å². The van der Waals surface area contributed by atoms with E-state index in [0.717, 1.165) is 30.3 Å². The van der Waals surface area contributed by atoms with Crippen molar-refractivity contribution in [2.45, 2.75) is 39.0 Å². The highest BCUT2D eigenvalue weighted by atomic mass is 127. The zero-order valence-electron chi connectivity index (χ0n) is 15.5. The van der Waals surface area contributed by atoms with Crippen LogP contribution >= 0.6 is 35.6 Å². The second kappa shape index (κ2) is 9.26. The van der Waals surface area contributed by atoms with Gasteiger partial charge in [0.2, 0.25) is 5.91 Å². The average Bonchev–Trinajstić information content (AvgIpc) is 3.02. The third-order valence-electron chi connectivity index (χ3n) is 5.54. The van der Waals surface area contributed by atoms with Crippen LogP contribution in [0.1, 0.15) is 37.7 Å². The van der Waals surface area contributed by atoms with Gasteiger partial charge in [-0.25, -0.2) is 0 Å². The van der Waals surface area contributed by atoms with E-state index in [4.69, 9.17) is 11.6 Å². The van der Waals surface area contributed by atoms with Crippen molar-refractivity contribution in [1.29, 1.82) is 0 Å². The van der Waals surface area contributed by atoms with Gasteiger partial charge in [-0.3, -0.25) is 9.79 Å². The molecule has 2 aliphatic rings. The number of halogens is 2. The van der Waals surface area contributed by atoms with Gasteiger partial charge in [0.25, 0.3) is 0 Å². The van der Waals surface area contributed by atoms with Crippen molar-refractivity contribution in [2.75, 3.05) is 32.0 Å². The molecule has 5 nitrogen and oxygen atoms in total. The Morgan fingerprint density at radius 3 is 2.73 bits per heavy atom. The van der Waals surface area contributed by atoms with Gasteiger partial charge in [0, 0.05) is 43.8 Å². The molecule has 144 valence electrons. The van der Waals surface area contributed by atoms with E-state index in [1.165, 1.54) is 25.7 Å². The van der Waals surface area contributed by atoms with Crippen molar-refractivity contribution in [3.8, 4) is 0 Å². The number of carbonyl (C=O) groups excluding carboxylic acids is 1. The van der Waals surface area contributed by atoms with Crippen molar-refractivity contribution < 1.29 is 4.79 Å². The van der Waals surface area contributed by atoms with Crippen LogP contribution in [0.5, 0.6) is 0 Å². The number of nitrogens with zero attached hydrogens (tertiary/aromatic N) is 2. The first kappa shape index (κ1) is 21.3. The number of hydrogen-bond donors (Lipinski definition) is 2. The molecule has 0 bridgehead atoms. The Kier molecular flexibility index (Phi) is 7.58. The van der Waals surface area contributed by atoms with Crippen molar-refractivity contribution >= 4 is 53.1 Å². The van der Waals surface area contributed by atoms with Gasteiger partial charge < -0.3 is 15.5 Å². The molecule has 1 aromatic rings. The van der Waals surface area contributed by atoms with Crippen LogP contribution < -0.4 is 10.6 Å². The molecule has 0 atom stereocenters. The molecule has 1 saturated carbocycles. The highest BCUT2D eigenvalue weighted by Crippen LogP contribution is 2.47. The zero-order chi connectivity index (χ0) is 17.9. The van der Waals surface area contributed by atoms with Crippen LogP contribution in [0.2, 0.25) is 5.02 Å². The molecular weight excluding hydrogens is 463 g/mol. The second-order valence-electron chi connectivity index (χ2n) is 7.21. The summed E-state index contributed by atoms with van der Waals surface area (Å²) in [4.78, 5) is 18.9. The van der Waals surface area contributed by atoms with Crippen LogP contribution in [0.15, 0.2) is 23.2 Å². The number of likely N-dealkylation sites (tertiary alicyclic amines) is 1. The molecule has 1 aliphatic carbocycles. The molecule has 2 N–H and O–H groups in total. The van der Waals surface area contributed by atoms with Crippen LogP contribution in [0.25, 0.3) is 0 Å². The molecule has 1 aliphatic heterocycles. The number of rotatable bonds is 4. The van der Waals surface area contributed by atoms with Crippen LogP contribution in [-0.4, -0.2) is 43.4 Å². The van der Waals surface area contributed by atoms with Crippen molar-refractivity contribution in [3.05, 3.63) is 28.8 Å². The fourth-order valence-electron chi connectivity index (χ4n) is 3.78. The number of carbonyl (C=O) groups is 1. The quantitative estimate of drug-likeness (QED) is 0.380. The molecule has 0 unspecified atom stereocenters. The van der Waals surface area contributed by atoms with Crippen molar-refractivity contribution in [1.82, 2.24) is 10.2 Å². The molecule has 3 rings (SSSR count). The van der Waals surface area contributed by atoms with Crippen LogP contribution in [0.4, 0.5) is 5.69 Å². The Morgan fingerprint density at radius 2 is 2.12 bits per heavy atom. The Hall–Kier alpha value is -1.02. The minimum absolute atomic E-state index is 0. The first-order valence-corrected chi connectivity index (χ1v) is 9.41. The molecule has 1 aromatic carbocycles. The Balaban J connectivity index is 0.00000243. The van der Waals surface area contributed by atoms with E-state index in [1.807, 2.05) is 32.2 Å². The van der Waals surface area contributed by atoms with Gasteiger partial charge in [0.05, 0.1) is 0 Å². The predicted octanol–water partition coefficient (Wildman–Crippen LogP) is 4.05. The fraction of sp³-hybridized carbons (Fsp3) is 0.579. The lowest BCUT2D eigenvalue weighted by Crippen LogP contribution is -2.43. The van der Waals surface area contributed by atoms with E-state index < -0.39 is 0 Å². The second-order valence-corrected chi connectivity index (χ2v) is 7.62. The lowest BCUT2D eigenvalue weighted by Gasteiger charge is -2.38. The van der Waals surface area contributed by atoms with Crippen LogP contribution in [0, 0.1) is 12.3 Å². The standard InChI is InChI=1S/C19H27ClN4O.HI/c1-14-15(20)5-3-6-16(14)23-17(25)7-11-22-18(21-2)24-12-10-19(13-24)8-4-9-19;/h3,5-6H,4,7-13H2,1-2H3,(H,21,22)(H,23,25);1H. The normalized spacial score (nSPS) is 18.3. The third kappa shape index (κ3) is 4.82. The van der Waals surface area contributed by atoms with E-state index in [-0.39, 0.29) is 29.9 Å². The number of nitrogens with one attached hydrogen (secondary N) is 2. The zero-order valence-corrected chi connectivity index (χ0v) is 18.6. The van der Waals surface area contributed by atoms with Crippen molar-refractivity contribution in [2.24, 2.45) is 10.4 Å². The molecule has 0 aromatic heterocycles. The summed E-state index contributed by atoms with van der Waals surface area (Å²) < 4.78 is 0. The summed E-state index contributed by atoms with van der Waals surface area (Å²) in [6, 6.07) is 5.53. The van der Waals surface area contributed by atoms with Crippen LogP contribution in [-0.2, 0) is 4.79 Å². The molecule has 2 fully saturated rings. The number of amides is 1. The average molecular weight is 491 g/mol. The summed E-state index contributed by atoms with van der Waals surface area (Å²) in [5.74, 6) is 0.890. The number of hydrogen-bond acceptors (Lipinski definition) is 2. The topological polar surface area (TPSA) is 56.7 Å². The molecule has 26 heavy (non-hydrogen) atoms. The van der Waals surface area contributed by atoms with E-state index in [1.54, 1.807) is 0 Å². The summed E-state index contributed by atoms with van der Waals surface area (Å²) in [5, 5.41) is 6.92. The van der Waals surface area contributed by atoms with Crippen molar-refractivity contribution in [3.63, 3.8) is 0 Å². The van der Waals surface area contributed by atoms with E-state index >= 15 is 0 Å². The number of aliphatic imine (C=N–C) groups is 1. The smallest absolute Gasteiger partial charge is 0.226 e. The van der Waals surface area contributed by atoms with E-state index in [9.17, 15) is 4.79 Å². The summed E-state index contributed by atoms with van der Waals surface area (Å²) >= 11 is 6.09. The molecule has 1 spiro atoms. The van der Waals surface area contributed by atoms with E-state index in [2.05, 4.69) is 20.5 Å². The molecule has 0 radical (unpaired) electrons. The first-order chi connectivity index (χ1) is 12.0. The molecule has 7 heteroatoms. The maximum absolute atomic E-state index is 12.2. The Labute approximate surface area is 178 Å². The molecular formula is C19H28ClIN4O.